The Bertz CT molecular complexity index is 404. The van der Waals surface area contributed by atoms with Gasteiger partial charge in [-0.05, 0) is 18.6 Å². The standard InChI is InChI=1S/C16H27N3O/c1-4-5-6-7-8-9-11-17-14-10-12-18-15(13-14)16(20)19(2)3/h10,12-13H,4-9,11H2,1-3H3,(H,17,18). The number of nitrogens with one attached hydrogen (secondary N) is 1. The van der Waals surface area contributed by atoms with Crippen molar-refractivity contribution in [1.82, 2.24) is 9.88 Å². The lowest BCUT2D eigenvalue weighted by Crippen LogP contribution is -2.22. The van der Waals surface area contributed by atoms with Crippen LogP contribution in [0, 0.1) is 0 Å². The van der Waals surface area contributed by atoms with Crippen molar-refractivity contribution < 1.29 is 4.79 Å². The van der Waals surface area contributed by atoms with E-state index >= 15 is 0 Å². The Morgan fingerprint density at radius 3 is 2.60 bits per heavy atom. The Balaban J connectivity index is 2.30. The molecule has 0 radical (unpaired) electrons. The van der Waals surface area contributed by atoms with Crippen molar-refractivity contribution >= 4 is 11.6 Å². The van der Waals surface area contributed by atoms with Crippen molar-refractivity contribution in [2.75, 3.05) is 26.0 Å². The Hall–Kier alpha value is -1.58. The van der Waals surface area contributed by atoms with Crippen LogP contribution in [0.3, 0.4) is 0 Å². The van der Waals surface area contributed by atoms with E-state index in [1.54, 1.807) is 25.2 Å². The van der Waals surface area contributed by atoms with Gasteiger partial charge < -0.3 is 10.2 Å². The number of hydrogen-bond acceptors (Lipinski definition) is 3. The van der Waals surface area contributed by atoms with Crippen LogP contribution in [-0.2, 0) is 0 Å². The smallest absolute Gasteiger partial charge is 0.272 e. The molecule has 1 aromatic heterocycles. The summed E-state index contributed by atoms with van der Waals surface area (Å²) in [6, 6.07) is 3.73. The zero-order valence-electron chi connectivity index (χ0n) is 13.0. The molecule has 0 fully saturated rings. The van der Waals surface area contributed by atoms with Gasteiger partial charge in [-0.1, -0.05) is 39.0 Å². The van der Waals surface area contributed by atoms with Crippen LogP contribution in [0.15, 0.2) is 18.3 Å². The highest BCUT2D eigenvalue weighted by molar-refractivity contribution is 5.92. The zero-order valence-corrected chi connectivity index (χ0v) is 13.0. The average Bonchev–Trinajstić information content (AvgIpc) is 2.45. The van der Waals surface area contributed by atoms with Gasteiger partial charge in [-0.2, -0.15) is 0 Å². The molecule has 0 aromatic carbocycles. The van der Waals surface area contributed by atoms with Crippen LogP contribution in [0.5, 0.6) is 0 Å². The van der Waals surface area contributed by atoms with E-state index in [4.69, 9.17) is 0 Å². The number of pyridine rings is 1. The third-order valence-electron chi connectivity index (χ3n) is 3.24. The van der Waals surface area contributed by atoms with Crippen molar-refractivity contribution in [3.05, 3.63) is 24.0 Å². The maximum absolute atomic E-state index is 11.8. The number of carbonyl (C=O) groups is 1. The van der Waals surface area contributed by atoms with E-state index in [0.717, 1.165) is 12.2 Å². The van der Waals surface area contributed by atoms with E-state index in [1.165, 1.54) is 38.5 Å². The van der Waals surface area contributed by atoms with Crippen LogP contribution in [0.2, 0.25) is 0 Å². The Labute approximate surface area is 122 Å². The monoisotopic (exact) mass is 277 g/mol. The molecule has 1 rings (SSSR count). The van der Waals surface area contributed by atoms with Crippen molar-refractivity contribution in [3.63, 3.8) is 0 Å². The van der Waals surface area contributed by atoms with Gasteiger partial charge in [0.25, 0.3) is 5.91 Å². The van der Waals surface area contributed by atoms with E-state index in [9.17, 15) is 4.79 Å². The van der Waals surface area contributed by atoms with E-state index in [-0.39, 0.29) is 5.91 Å². The topological polar surface area (TPSA) is 45.2 Å². The van der Waals surface area contributed by atoms with Crippen LogP contribution in [-0.4, -0.2) is 36.4 Å². The highest BCUT2D eigenvalue weighted by Gasteiger charge is 2.09. The fourth-order valence-corrected chi connectivity index (χ4v) is 2.02. The van der Waals surface area contributed by atoms with E-state index < -0.39 is 0 Å². The summed E-state index contributed by atoms with van der Waals surface area (Å²) in [5.41, 5.74) is 1.46. The lowest BCUT2D eigenvalue weighted by atomic mass is 10.1. The first-order valence-corrected chi connectivity index (χ1v) is 7.56. The fraction of sp³-hybridized carbons (Fsp3) is 0.625. The number of amides is 1. The lowest BCUT2D eigenvalue weighted by Gasteiger charge is -2.11. The maximum atomic E-state index is 11.8. The highest BCUT2D eigenvalue weighted by Crippen LogP contribution is 2.10. The largest absolute Gasteiger partial charge is 0.385 e. The van der Waals surface area contributed by atoms with E-state index in [0.29, 0.717) is 5.69 Å². The summed E-state index contributed by atoms with van der Waals surface area (Å²) in [5, 5.41) is 3.36. The van der Waals surface area contributed by atoms with Crippen LogP contribution < -0.4 is 5.32 Å². The van der Waals surface area contributed by atoms with Crippen molar-refractivity contribution in [2.24, 2.45) is 0 Å². The summed E-state index contributed by atoms with van der Waals surface area (Å²) in [4.78, 5) is 17.5. The lowest BCUT2D eigenvalue weighted by molar-refractivity contribution is 0.0822. The first-order chi connectivity index (χ1) is 9.65. The number of unbranched alkanes of at least 4 members (excludes halogenated alkanes) is 5. The van der Waals surface area contributed by atoms with Crippen molar-refractivity contribution in [2.45, 2.75) is 45.4 Å². The summed E-state index contributed by atoms with van der Waals surface area (Å²) in [7, 11) is 3.47. The average molecular weight is 277 g/mol. The maximum Gasteiger partial charge on any atom is 0.272 e. The molecule has 0 unspecified atom stereocenters. The number of nitrogens with zero attached hydrogens (tertiary/aromatic N) is 2. The quantitative estimate of drug-likeness (QED) is 0.702. The Kier molecular flexibility index (Phi) is 7.70. The Morgan fingerprint density at radius 2 is 1.90 bits per heavy atom. The summed E-state index contributed by atoms with van der Waals surface area (Å²) in [6.45, 7) is 3.18. The first-order valence-electron chi connectivity index (χ1n) is 7.56. The predicted octanol–water partition coefficient (Wildman–Crippen LogP) is 3.56. The van der Waals surface area contributed by atoms with Crippen LogP contribution in [0.1, 0.15) is 55.9 Å². The molecule has 0 saturated heterocycles. The second-order valence-electron chi connectivity index (χ2n) is 5.32. The third kappa shape index (κ3) is 6.04. The van der Waals surface area contributed by atoms with Crippen molar-refractivity contribution in [3.8, 4) is 0 Å². The molecule has 4 nitrogen and oxygen atoms in total. The van der Waals surface area contributed by atoms with E-state index in [2.05, 4.69) is 17.2 Å². The molecule has 1 heterocycles. The molecule has 20 heavy (non-hydrogen) atoms. The molecular weight excluding hydrogens is 250 g/mol. The summed E-state index contributed by atoms with van der Waals surface area (Å²) < 4.78 is 0. The van der Waals surface area contributed by atoms with Gasteiger partial charge >= 0.3 is 0 Å². The summed E-state index contributed by atoms with van der Waals surface area (Å²) >= 11 is 0. The molecule has 0 bridgehead atoms. The molecule has 4 heteroatoms. The summed E-state index contributed by atoms with van der Waals surface area (Å²) in [6.07, 6.45) is 9.40. The van der Waals surface area contributed by atoms with Crippen LogP contribution in [0.4, 0.5) is 5.69 Å². The van der Waals surface area contributed by atoms with Gasteiger partial charge in [0.05, 0.1) is 0 Å². The SMILES string of the molecule is CCCCCCCCNc1ccnc(C(=O)N(C)C)c1. The van der Waals surface area contributed by atoms with Gasteiger partial charge in [0.2, 0.25) is 0 Å². The molecule has 0 aliphatic heterocycles. The minimum absolute atomic E-state index is 0.0618. The number of rotatable bonds is 9. The molecule has 0 aliphatic carbocycles. The van der Waals surface area contributed by atoms with Gasteiger partial charge in [-0.15, -0.1) is 0 Å². The molecule has 1 aromatic rings. The molecule has 112 valence electrons. The second-order valence-corrected chi connectivity index (χ2v) is 5.32. The van der Waals surface area contributed by atoms with Gasteiger partial charge in [0, 0.05) is 32.5 Å². The van der Waals surface area contributed by atoms with Crippen molar-refractivity contribution in [1.29, 1.82) is 0 Å². The highest BCUT2D eigenvalue weighted by atomic mass is 16.2. The van der Waals surface area contributed by atoms with E-state index in [1.807, 2.05) is 12.1 Å². The Morgan fingerprint density at radius 1 is 1.20 bits per heavy atom. The molecule has 1 N–H and O–H groups in total. The third-order valence-corrected chi connectivity index (χ3v) is 3.24. The molecular formula is C16H27N3O. The number of aromatic nitrogens is 1. The first kappa shape index (κ1) is 16.5. The minimum atomic E-state index is -0.0618. The van der Waals surface area contributed by atoms with Gasteiger partial charge in [-0.3, -0.25) is 9.78 Å². The zero-order chi connectivity index (χ0) is 14.8. The molecule has 0 atom stereocenters. The molecule has 0 aliphatic rings. The second kappa shape index (κ2) is 9.34. The predicted molar refractivity (Wildman–Crippen MR) is 84.1 cm³/mol. The van der Waals surface area contributed by atoms with Gasteiger partial charge in [-0.25, -0.2) is 0 Å². The van der Waals surface area contributed by atoms with Gasteiger partial charge in [0.1, 0.15) is 5.69 Å². The van der Waals surface area contributed by atoms with Crippen LogP contribution >= 0.6 is 0 Å². The minimum Gasteiger partial charge on any atom is -0.385 e. The number of carbonyl (C=O) groups excluding carboxylic acids is 1. The van der Waals surface area contributed by atoms with Gasteiger partial charge in [0.15, 0.2) is 0 Å². The number of hydrogen-bond donors (Lipinski definition) is 1. The molecule has 1 amide bonds. The molecule has 0 spiro atoms. The van der Waals surface area contributed by atoms with Crippen LogP contribution in [0.25, 0.3) is 0 Å². The normalized spacial score (nSPS) is 10.3. The number of anilines is 1. The summed E-state index contributed by atoms with van der Waals surface area (Å²) in [5.74, 6) is -0.0618. The fourth-order valence-electron chi connectivity index (χ4n) is 2.02. The molecule has 0 saturated carbocycles.